The minimum Gasteiger partial charge on any atom is -0.377 e. The average Bonchev–Trinajstić information content (AvgIpc) is 2.95. The molecular formula is C29H36Cl2N6O4. The minimum atomic E-state index is -0.561. The zero-order valence-electron chi connectivity index (χ0n) is 23.1. The maximum atomic E-state index is 10.6. The first-order chi connectivity index (χ1) is 19.9. The van der Waals surface area contributed by atoms with Gasteiger partial charge in [0.05, 0.1) is 45.3 Å². The third-order valence-corrected chi connectivity index (χ3v) is 7.14. The maximum absolute atomic E-state index is 10.6. The maximum Gasteiger partial charge on any atom is 0.312 e. The number of primary amides is 1. The Morgan fingerprint density at radius 3 is 2.49 bits per heavy atom. The highest BCUT2D eigenvalue weighted by Crippen LogP contribution is 2.39. The lowest BCUT2D eigenvalue weighted by Gasteiger charge is -2.33. The molecule has 2 amide bonds. The Hall–Kier alpha value is -2.99. The molecule has 0 saturated heterocycles. The Morgan fingerprint density at radius 2 is 1.73 bits per heavy atom. The van der Waals surface area contributed by atoms with E-state index in [1.165, 1.54) is 11.1 Å². The number of carbonyl (C=O) groups is 1. The summed E-state index contributed by atoms with van der Waals surface area (Å²) in [6, 6.07) is 13.7. The van der Waals surface area contributed by atoms with Gasteiger partial charge in [0.2, 0.25) is 0 Å². The molecule has 2 heterocycles. The number of carbonyl (C=O) groups excluding carboxylic acids is 1. The van der Waals surface area contributed by atoms with Gasteiger partial charge >= 0.3 is 6.03 Å². The van der Waals surface area contributed by atoms with Gasteiger partial charge in [-0.1, -0.05) is 41.4 Å². The summed E-state index contributed by atoms with van der Waals surface area (Å²) < 4.78 is 16.4. The van der Waals surface area contributed by atoms with Crippen LogP contribution in [0.3, 0.4) is 0 Å². The second kappa shape index (κ2) is 15.9. The van der Waals surface area contributed by atoms with E-state index in [1.54, 1.807) is 6.33 Å². The molecular weight excluding hydrogens is 567 g/mol. The smallest absolute Gasteiger partial charge is 0.312 e. The fraction of sp³-hybridized carbons (Fsp3) is 0.414. The van der Waals surface area contributed by atoms with Gasteiger partial charge in [-0.3, -0.25) is 0 Å². The third kappa shape index (κ3) is 9.53. The Morgan fingerprint density at radius 1 is 1.00 bits per heavy atom. The number of fused-ring (bicyclic) bond motifs is 1. The van der Waals surface area contributed by atoms with E-state index in [0.29, 0.717) is 62.8 Å². The summed E-state index contributed by atoms with van der Waals surface area (Å²) in [6.45, 7) is 5.38. The van der Waals surface area contributed by atoms with E-state index in [0.717, 1.165) is 35.7 Å². The highest BCUT2D eigenvalue weighted by Gasteiger charge is 2.27. The SMILES string of the molecule is CN1Cc2c(Cl)cc(Cl)cc2[C@H](c2cccc(-c3cc(NCCOCCOCCOCCNC(N)=O)ncn3)c2)C1. The molecule has 0 bridgehead atoms. The highest BCUT2D eigenvalue weighted by atomic mass is 35.5. The molecule has 0 saturated carbocycles. The van der Waals surface area contributed by atoms with Crippen LogP contribution in [-0.4, -0.2) is 87.2 Å². The number of anilines is 1. The molecule has 1 atom stereocenters. The van der Waals surface area contributed by atoms with E-state index in [9.17, 15) is 4.79 Å². The Labute approximate surface area is 250 Å². The molecule has 0 spiro atoms. The van der Waals surface area contributed by atoms with Crippen molar-refractivity contribution in [1.82, 2.24) is 20.2 Å². The van der Waals surface area contributed by atoms with Crippen molar-refractivity contribution in [2.45, 2.75) is 12.5 Å². The van der Waals surface area contributed by atoms with E-state index in [1.807, 2.05) is 18.2 Å². The number of nitrogens with zero attached hydrogens (tertiary/aromatic N) is 3. The molecule has 0 fully saturated rings. The molecule has 1 aliphatic rings. The molecule has 3 aromatic rings. The van der Waals surface area contributed by atoms with Crippen LogP contribution in [0.2, 0.25) is 10.0 Å². The van der Waals surface area contributed by atoms with Crippen LogP contribution in [0.25, 0.3) is 11.3 Å². The summed E-state index contributed by atoms with van der Waals surface area (Å²) >= 11 is 12.9. The monoisotopic (exact) mass is 602 g/mol. The molecule has 4 rings (SSSR count). The Balaban J connectivity index is 1.23. The summed E-state index contributed by atoms with van der Waals surface area (Å²) in [4.78, 5) is 21.7. The first-order valence-corrected chi connectivity index (χ1v) is 14.3. The van der Waals surface area contributed by atoms with Crippen molar-refractivity contribution in [3.8, 4) is 11.3 Å². The number of aromatic nitrogens is 2. The number of rotatable bonds is 15. The number of hydrogen-bond acceptors (Lipinski definition) is 8. The van der Waals surface area contributed by atoms with Crippen LogP contribution in [0, 0.1) is 0 Å². The van der Waals surface area contributed by atoms with E-state index in [4.69, 9.17) is 43.1 Å². The largest absolute Gasteiger partial charge is 0.377 e. The third-order valence-electron chi connectivity index (χ3n) is 6.59. The second-order valence-electron chi connectivity index (χ2n) is 9.67. The number of hydrogen-bond donors (Lipinski definition) is 3. The summed E-state index contributed by atoms with van der Waals surface area (Å²) in [7, 11) is 2.11. The second-order valence-corrected chi connectivity index (χ2v) is 10.5. The Kier molecular flexibility index (Phi) is 12.0. The van der Waals surface area contributed by atoms with Gasteiger partial charge in [0.15, 0.2) is 0 Å². The molecule has 1 aliphatic heterocycles. The number of urea groups is 1. The molecule has 41 heavy (non-hydrogen) atoms. The lowest BCUT2D eigenvalue weighted by molar-refractivity contribution is 0.0173. The van der Waals surface area contributed by atoms with Crippen LogP contribution in [0.5, 0.6) is 0 Å². The van der Waals surface area contributed by atoms with Crippen LogP contribution >= 0.6 is 23.2 Å². The number of benzene rings is 2. The number of likely N-dealkylation sites (N-methyl/N-ethyl adjacent to an activating group) is 1. The number of nitrogens with one attached hydrogen (secondary N) is 2. The number of ether oxygens (including phenoxy) is 3. The fourth-order valence-electron chi connectivity index (χ4n) is 4.70. The molecule has 0 unspecified atom stereocenters. The molecule has 0 aliphatic carbocycles. The number of nitrogens with two attached hydrogens (primary N) is 1. The molecule has 1 aromatic heterocycles. The lowest BCUT2D eigenvalue weighted by Crippen LogP contribution is -2.32. The molecule has 10 nitrogen and oxygen atoms in total. The summed E-state index contributed by atoms with van der Waals surface area (Å²) in [5.74, 6) is 0.878. The summed E-state index contributed by atoms with van der Waals surface area (Å²) in [5.41, 5.74) is 10.3. The average molecular weight is 604 g/mol. The van der Waals surface area contributed by atoms with Crippen molar-refractivity contribution in [1.29, 1.82) is 0 Å². The molecule has 2 aromatic carbocycles. The van der Waals surface area contributed by atoms with E-state index < -0.39 is 6.03 Å². The van der Waals surface area contributed by atoms with E-state index in [2.05, 4.69) is 56.8 Å². The van der Waals surface area contributed by atoms with Crippen LogP contribution in [0.15, 0.2) is 48.8 Å². The van der Waals surface area contributed by atoms with Crippen molar-refractivity contribution in [3.63, 3.8) is 0 Å². The standard InChI is InChI=1S/C29H36Cl2N6O4/c1-37-17-24(23-14-22(30)15-26(31)25(23)18-37)20-3-2-4-21(13-20)27-16-28(36-19-35-27)33-5-7-39-9-11-41-12-10-40-8-6-34-29(32)38/h2-4,13-16,19,24H,5-12,17-18H2,1H3,(H3,32,34,38)(H,33,35,36)/t24-/m0/s1. The van der Waals surface area contributed by atoms with Crippen molar-refractivity contribution in [3.05, 3.63) is 75.5 Å². The van der Waals surface area contributed by atoms with Crippen molar-refractivity contribution in [2.24, 2.45) is 5.73 Å². The van der Waals surface area contributed by atoms with Crippen LogP contribution in [0.4, 0.5) is 10.6 Å². The highest BCUT2D eigenvalue weighted by molar-refractivity contribution is 6.35. The summed E-state index contributed by atoms with van der Waals surface area (Å²) in [5, 5.41) is 7.10. The number of amides is 2. The fourth-order valence-corrected chi connectivity index (χ4v) is 5.27. The van der Waals surface area contributed by atoms with Gasteiger partial charge in [0.1, 0.15) is 12.1 Å². The lowest BCUT2D eigenvalue weighted by atomic mass is 9.84. The quantitative estimate of drug-likeness (QED) is 0.222. The first kappa shape index (κ1) is 31.0. The van der Waals surface area contributed by atoms with Gasteiger partial charge in [-0.05, 0) is 41.9 Å². The van der Waals surface area contributed by atoms with E-state index in [-0.39, 0.29) is 5.92 Å². The minimum absolute atomic E-state index is 0.151. The van der Waals surface area contributed by atoms with Gasteiger partial charge in [-0.25, -0.2) is 14.8 Å². The van der Waals surface area contributed by atoms with E-state index >= 15 is 0 Å². The predicted octanol–water partition coefficient (Wildman–Crippen LogP) is 4.16. The van der Waals surface area contributed by atoms with Gasteiger partial charge in [0.25, 0.3) is 0 Å². The normalized spacial score (nSPS) is 15.0. The predicted molar refractivity (Wildman–Crippen MR) is 161 cm³/mol. The van der Waals surface area contributed by atoms with Gasteiger partial charge < -0.3 is 35.5 Å². The molecule has 220 valence electrons. The van der Waals surface area contributed by atoms with Gasteiger partial charge in [-0.15, -0.1) is 0 Å². The molecule has 0 radical (unpaired) electrons. The van der Waals surface area contributed by atoms with Crippen LogP contribution < -0.4 is 16.4 Å². The van der Waals surface area contributed by atoms with Gasteiger partial charge in [0, 0.05) is 53.8 Å². The molecule has 12 heteroatoms. The van der Waals surface area contributed by atoms with Crippen LogP contribution in [-0.2, 0) is 20.8 Å². The van der Waals surface area contributed by atoms with Crippen molar-refractivity contribution in [2.75, 3.05) is 71.6 Å². The topological polar surface area (TPSA) is 124 Å². The zero-order chi connectivity index (χ0) is 29.0. The van der Waals surface area contributed by atoms with Crippen LogP contribution in [0.1, 0.15) is 22.6 Å². The van der Waals surface area contributed by atoms with Crippen molar-refractivity contribution >= 4 is 35.1 Å². The zero-order valence-corrected chi connectivity index (χ0v) is 24.6. The molecule has 4 N–H and O–H groups in total. The van der Waals surface area contributed by atoms with Crippen molar-refractivity contribution < 1.29 is 19.0 Å². The van der Waals surface area contributed by atoms with Gasteiger partial charge in [-0.2, -0.15) is 0 Å². The summed E-state index contributed by atoms with van der Waals surface area (Å²) in [6.07, 6.45) is 1.56. The number of halogens is 2. The Bertz CT molecular complexity index is 1300. The first-order valence-electron chi connectivity index (χ1n) is 13.5.